The predicted molar refractivity (Wildman–Crippen MR) is 102 cm³/mol. The van der Waals surface area contributed by atoms with Gasteiger partial charge in [0.05, 0.1) is 12.3 Å². The van der Waals surface area contributed by atoms with Crippen LogP contribution in [-0.4, -0.2) is 32.6 Å². The van der Waals surface area contributed by atoms with E-state index in [1.165, 1.54) is 0 Å². The standard InChI is InChI=1S/C20H20N4O3/c1-3-27-18-5-4-14(10-16(18)19(25)26)17-7-9-22-20(24-17)23-12-15-6-8-21-11-13(15)2/h4-11H,3,12H2,1-2H3,(H,25,26)(H,22,23,24). The summed E-state index contributed by atoms with van der Waals surface area (Å²) < 4.78 is 5.38. The molecule has 0 aliphatic rings. The van der Waals surface area contributed by atoms with Gasteiger partial charge in [0.1, 0.15) is 11.3 Å². The van der Waals surface area contributed by atoms with E-state index >= 15 is 0 Å². The molecule has 0 aliphatic carbocycles. The Bertz CT molecular complexity index is 959. The highest BCUT2D eigenvalue weighted by Crippen LogP contribution is 2.26. The van der Waals surface area contributed by atoms with E-state index in [0.717, 1.165) is 11.1 Å². The number of nitrogens with zero attached hydrogens (tertiary/aromatic N) is 3. The van der Waals surface area contributed by atoms with Crippen LogP contribution in [0.25, 0.3) is 11.3 Å². The number of pyridine rings is 1. The molecule has 2 N–H and O–H groups in total. The molecule has 0 fully saturated rings. The Morgan fingerprint density at radius 1 is 1.22 bits per heavy atom. The minimum atomic E-state index is -1.04. The molecular weight excluding hydrogens is 344 g/mol. The third kappa shape index (κ3) is 4.38. The van der Waals surface area contributed by atoms with E-state index in [4.69, 9.17) is 4.74 Å². The van der Waals surface area contributed by atoms with Crippen molar-refractivity contribution in [1.29, 1.82) is 0 Å². The third-order valence-electron chi connectivity index (χ3n) is 4.03. The maximum atomic E-state index is 11.5. The number of aromatic nitrogens is 3. The summed E-state index contributed by atoms with van der Waals surface area (Å²) in [5.41, 5.74) is 3.60. The van der Waals surface area contributed by atoms with Gasteiger partial charge in [-0.15, -0.1) is 0 Å². The molecule has 0 unspecified atom stereocenters. The number of hydrogen-bond donors (Lipinski definition) is 2. The first kappa shape index (κ1) is 18.3. The van der Waals surface area contributed by atoms with E-state index in [0.29, 0.717) is 36.1 Å². The summed E-state index contributed by atoms with van der Waals surface area (Å²) in [5.74, 6) is -0.232. The average molecular weight is 364 g/mol. The number of nitrogens with one attached hydrogen (secondary N) is 1. The van der Waals surface area contributed by atoms with E-state index in [-0.39, 0.29) is 5.56 Å². The summed E-state index contributed by atoms with van der Waals surface area (Å²) >= 11 is 0. The molecule has 138 valence electrons. The van der Waals surface area contributed by atoms with Crippen LogP contribution in [-0.2, 0) is 6.54 Å². The van der Waals surface area contributed by atoms with Crippen molar-refractivity contribution in [2.75, 3.05) is 11.9 Å². The molecule has 0 atom stereocenters. The van der Waals surface area contributed by atoms with Crippen LogP contribution in [0.3, 0.4) is 0 Å². The SMILES string of the molecule is CCOc1ccc(-c2ccnc(NCc3ccncc3C)n2)cc1C(=O)O. The van der Waals surface area contributed by atoms with Crippen molar-refractivity contribution in [2.24, 2.45) is 0 Å². The first-order valence-electron chi connectivity index (χ1n) is 8.55. The number of aromatic carboxylic acids is 1. The second-order valence-corrected chi connectivity index (χ2v) is 5.87. The highest BCUT2D eigenvalue weighted by atomic mass is 16.5. The fourth-order valence-electron chi connectivity index (χ4n) is 2.62. The molecule has 2 heterocycles. The Morgan fingerprint density at radius 2 is 2.07 bits per heavy atom. The van der Waals surface area contributed by atoms with Crippen molar-refractivity contribution in [1.82, 2.24) is 15.0 Å². The molecule has 0 saturated heterocycles. The number of carbonyl (C=O) groups is 1. The second kappa shape index (κ2) is 8.27. The summed E-state index contributed by atoms with van der Waals surface area (Å²) in [4.78, 5) is 24.3. The number of hydrogen-bond acceptors (Lipinski definition) is 6. The maximum absolute atomic E-state index is 11.5. The van der Waals surface area contributed by atoms with E-state index < -0.39 is 5.97 Å². The zero-order valence-corrected chi connectivity index (χ0v) is 15.1. The Labute approximate surface area is 157 Å². The van der Waals surface area contributed by atoms with Crippen LogP contribution >= 0.6 is 0 Å². The van der Waals surface area contributed by atoms with E-state index in [2.05, 4.69) is 20.3 Å². The fraction of sp³-hybridized carbons (Fsp3) is 0.200. The normalized spacial score (nSPS) is 10.4. The van der Waals surface area contributed by atoms with Crippen molar-refractivity contribution in [2.45, 2.75) is 20.4 Å². The monoisotopic (exact) mass is 364 g/mol. The Kier molecular flexibility index (Phi) is 5.61. The molecule has 0 bridgehead atoms. The number of aryl methyl sites for hydroxylation is 1. The van der Waals surface area contributed by atoms with Crippen LogP contribution in [0, 0.1) is 6.92 Å². The van der Waals surface area contributed by atoms with Crippen LogP contribution in [0.2, 0.25) is 0 Å². The number of carboxylic acid groups (broad SMARTS) is 1. The number of rotatable bonds is 7. The minimum Gasteiger partial charge on any atom is -0.493 e. The highest BCUT2D eigenvalue weighted by molar-refractivity contribution is 5.92. The summed E-state index contributed by atoms with van der Waals surface area (Å²) in [6.45, 7) is 4.78. The lowest BCUT2D eigenvalue weighted by Crippen LogP contribution is -2.06. The van der Waals surface area contributed by atoms with Gasteiger partial charge < -0.3 is 15.2 Å². The summed E-state index contributed by atoms with van der Waals surface area (Å²) in [6, 6.07) is 8.68. The largest absolute Gasteiger partial charge is 0.493 e. The molecule has 0 saturated carbocycles. The molecule has 27 heavy (non-hydrogen) atoms. The maximum Gasteiger partial charge on any atom is 0.339 e. The van der Waals surface area contributed by atoms with Gasteiger partial charge in [0.25, 0.3) is 0 Å². The van der Waals surface area contributed by atoms with E-state index in [9.17, 15) is 9.90 Å². The van der Waals surface area contributed by atoms with Crippen LogP contribution in [0.5, 0.6) is 5.75 Å². The molecule has 0 spiro atoms. The molecule has 3 aromatic rings. The lowest BCUT2D eigenvalue weighted by molar-refractivity contribution is 0.0692. The van der Waals surface area contributed by atoms with Crippen molar-refractivity contribution in [3.8, 4) is 17.0 Å². The zero-order chi connectivity index (χ0) is 19.2. The van der Waals surface area contributed by atoms with Crippen molar-refractivity contribution in [3.63, 3.8) is 0 Å². The fourth-order valence-corrected chi connectivity index (χ4v) is 2.62. The van der Waals surface area contributed by atoms with E-state index in [1.807, 2.05) is 26.1 Å². The molecule has 7 nitrogen and oxygen atoms in total. The highest BCUT2D eigenvalue weighted by Gasteiger charge is 2.14. The van der Waals surface area contributed by atoms with Crippen molar-refractivity contribution >= 4 is 11.9 Å². The van der Waals surface area contributed by atoms with Gasteiger partial charge in [-0.25, -0.2) is 14.8 Å². The minimum absolute atomic E-state index is 0.106. The smallest absolute Gasteiger partial charge is 0.339 e. The van der Waals surface area contributed by atoms with Crippen LogP contribution < -0.4 is 10.1 Å². The quantitative estimate of drug-likeness (QED) is 0.661. The van der Waals surface area contributed by atoms with Gasteiger partial charge >= 0.3 is 5.97 Å². The molecule has 7 heteroatoms. The lowest BCUT2D eigenvalue weighted by Gasteiger charge is -2.10. The summed E-state index contributed by atoms with van der Waals surface area (Å²) in [6.07, 6.45) is 5.19. The average Bonchev–Trinajstić information content (AvgIpc) is 2.68. The second-order valence-electron chi connectivity index (χ2n) is 5.87. The number of ether oxygens (including phenoxy) is 1. The Morgan fingerprint density at radius 3 is 2.81 bits per heavy atom. The number of carboxylic acids is 1. The summed E-state index contributed by atoms with van der Waals surface area (Å²) in [5, 5.41) is 12.6. The Hall–Kier alpha value is -3.48. The molecule has 3 rings (SSSR count). The molecule has 0 aliphatic heterocycles. The molecule has 0 amide bonds. The lowest BCUT2D eigenvalue weighted by atomic mass is 10.1. The van der Waals surface area contributed by atoms with Gasteiger partial charge in [-0.1, -0.05) is 0 Å². The first-order chi connectivity index (χ1) is 13.1. The number of benzene rings is 1. The third-order valence-corrected chi connectivity index (χ3v) is 4.03. The van der Waals surface area contributed by atoms with Crippen molar-refractivity contribution in [3.05, 3.63) is 65.6 Å². The molecule has 2 aromatic heterocycles. The van der Waals surface area contributed by atoms with Gasteiger partial charge in [-0.2, -0.15) is 0 Å². The first-order valence-corrected chi connectivity index (χ1v) is 8.55. The van der Waals surface area contributed by atoms with Gasteiger partial charge in [0.2, 0.25) is 5.95 Å². The van der Waals surface area contributed by atoms with Gasteiger partial charge in [0.15, 0.2) is 0 Å². The van der Waals surface area contributed by atoms with E-state index in [1.54, 1.807) is 36.7 Å². The summed E-state index contributed by atoms with van der Waals surface area (Å²) in [7, 11) is 0. The predicted octanol–water partition coefficient (Wildman–Crippen LogP) is 3.56. The van der Waals surface area contributed by atoms with Crippen molar-refractivity contribution < 1.29 is 14.6 Å². The number of anilines is 1. The van der Waals surface area contributed by atoms with Crippen LogP contribution in [0.15, 0.2) is 48.9 Å². The van der Waals surface area contributed by atoms with Gasteiger partial charge in [-0.05, 0) is 55.3 Å². The van der Waals surface area contributed by atoms with Gasteiger partial charge in [-0.3, -0.25) is 4.98 Å². The van der Waals surface area contributed by atoms with Crippen LogP contribution in [0.4, 0.5) is 5.95 Å². The molecule has 1 aromatic carbocycles. The van der Waals surface area contributed by atoms with Crippen LogP contribution in [0.1, 0.15) is 28.4 Å². The van der Waals surface area contributed by atoms with Gasteiger partial charge in [0, 0.05) is 30.7 Å². The topological polar surface area (TPSA) is 97.2 Å². The molecule has 0 radical (unpaired) electrons. The zero-order valence-electron chi connectivity index (χ0n) is 15.1. The Balaban J connectivity index is 1.84. The molecular formula is C20H20N4O3.